The van der Waals surface area contributed by atoms with Gasteiger partial charge in [-0.2, -0.15) is 0 Å². The highest BCUT2D eigenvalue weighted by Crippen LogP contribution is 2.53. The highest BCUT2D eigenvalue weighted by molar-refractivity contribution is 5.88. The summed E-state index contributed by atoms with van der Waals surface area (Å²) in [4.78, 5) is 5.00. The van der Waals surface area contributed by atoms with Gasteiger partial charge in [-0.25, -0.2) is 0 Å². The molecule has 0 radical (unpaired) electrons. The third-order valence-corrected chi connectivity index (χ3v) is 12.4. The lowest BCUT2D eigenvalue weighted by Crippen LogP contribution is -2.41. The van der Waals surface area contributed by atoms with E-state index >= 15 is 0 Å². The van der Waals surface area contributed by atoms with Gasteiger partial charge < -0.3 is 15.1 Å². The molecule has 1 N–H and O–H groups in total. The number of fused-ring (bicyclic) bond motifs is 6. The third-order valence-electron chi connectivity index (χ3n) is 12.4. The fraction of sp³-hybridized carbons (Fsp3) is 0.176. The molecule has 0 amide bonds. The van der Waals surface area contributed by atoms with Crippen molar-refractivity contribution in [2.75, 3.05) is 16.3 Å². The molecule has 10 rings (SSSR count). The molecule has 3 heteroatoms. The molecule has 2 heterocycles. The molecule has 3 aliphatic carbocycles. The van der Waals surface area contributed by atoms with E-state index < -0.39 is 0 Å². The van der Waals surface area contributed by atoms with Gasteiger partial charge in [0.25, 0.3) is 0 Å². The second kappa shape index (κ2) is 12.5. The molecule has 0 fully saturated rings. The summed E-state index contributed by atoms with van der Waals surface area (Å²) in [7, 11) is 0. The van der Waals surface area contributed by atoms with E-state index in [2.05, 4.69) is 206 Å². The maximum absolute atomic E-state index is 3.35. The van der Waals surface area contributed by atoms with Gasteiger partial charge in [0.2, 0.25) is 0 Å². The minimum absolute atomic E-state index is 0.0828. The number of dihydropyridines is 1. The molecule has 2 aliphatic heterocycles. The summed E-state index contributed by atoms with van der Waals surface area (Å²) in [6.45, 7) is 8.01. The lowest BCUT2D eigenvalue weighted by molar-refractivity contribution is 0.539. The summed E-state index contributed by atoms with van der Waals surface area (Å²) in [5, 5.41) is 3.35. The number of anilines is 4. The van der Waals surface area contributed by atoms with Crippen LogP contribution in [-0.4, -0.2) is 12.6 Å². The topological polar surface area (TPSA) is 18.5 Å². The van der Waals surface area contributed by atoms with Gasteiger partial charge in [0.05, 0.1) is 6.04 Å². The van der Waals surface area contributed by atoms with Crippen molar-refractivity contribution < 1.29 is 0 Å². The number of nitrogens with zero attached hydrogens (tertiary/aromatic N) is 2. The van der Waals surface area contributed by atoms with Gasteiger partial charge in [0.1, 0.15) is 0 Å². The summed E-state index contributed by atoms with van der Waals surface area (Å²) in [5.41, 5.74) is 17.7. The lowest BCUT2D eigenvalue weighted by atomic mass is 9.73. The summed E-state index contributed by atoms with van der Waals surface area (Å²) in [6, 6.07) is 43.4. The first kappa shape index (κ1) is 32.6. The molecular formula is C51H45N3. The number of hydrogen-bond donors (Lipinski definition) is 1. The summed E-state index contributed by atoms with van der Waals surface area (Å²) < 4.78 is 0. The largest absolute Gasteiger partial charge is 0.387 e. The third kappa shape index (κ3) is 5.10. The number of rotatable bonds is 6. The molecule has 5 aromatic rings. The van der Waals surface area contributed by atoms with Gasteiger partial charge in [-0.05, 0) is 118 Å². The lowest BCUT2D eigenvalue weighted by Gasteiger charge is -2.37. The smallest absolute Gasteiger partial charge is 0.0652 e. The van der Waals surface area contributed by atoms with Crippen molar-refractivity contribution in [3.63, 3.8) is 0 Å². The Morgan fingerprint density at radius 1 is 0.667 bits per heavy atom. The molecule has 2 atom stereocenters. The van der Waals surface area contributed by atoms with E-state index in [-0.39, 0.29) is 16.9 Å². The van der Waals surface area contributed by atoms with E-state index in [0.29, 0.717) is 0 Å². The molecule has 0 saturated heterocycles. The summed E-state index contributed by atoms with van der Waals surface area (Å²) in [6.07, 6.45) is 22.7. The van der Waals surface area contributed by atoms with Crippen molar-refractivity contribution in [3.8, 4) is 11.1 Å². The van der Waals surface area contributed by atoms with Crippen molar-refractivity contribution in [1.82, 2.24) is 5.32 Å². The van der Waals surface area contributed by atoms with Gasteiger partial charge in [-0.15, -0.1) is 0 Å². The van der Waals surface area contributed by atoms with Gasteiger partial charge in [0, 0.05) is 52.0 Å². The standard InChI is InChI=1S/C51H45N3/c1-50(2)45-16-8-7-15-43(45)44-29-28-42(32-47(44)50)53(41-26-21-36(22-27-41)38-12-11-31-52-34-38)40-24-19-35(20-25-40)37-23-30-49-51(3,33-37)46-17-9-10-18-48(46)54(49)39-13-5-4-6-14-39/h4-5,7-13,15-30,32-34,49,52H,6,14,31H2,1-3H3. The van der Waals surface area contributed by atoms with Crippen LogP contribution in [0.3, 0.4) is 0 Å². The SMILES string of the molecule is CC1(C)c2ccccc2-c2ccc(N(c3ccc(C4=CNCC=C4)cc3)c3ccc(C4=CC5(C)c6ccccc6N(C6=CC=CCC6)C5C=C4)cc3)cc21. The van der Waals surface area contributed by atoms with Crippen LogP contribution in [-0.2, 0) is 10.8 Å². The van der Waals surface area contributed by atoms with E-state index in [1.165, 1.54) is 61.5 Å². The first-order valence-corrected chi connectivity index (χ1v) is 19.4. The van der Waals surface area contributed by atoms with Crippen LogP contribution in [0.1, 0.15) is 61.4 Å². The van der Waals surface area contributed by atoms with Crippen molar-refractivity contribution in [2.45, 2.75) is 50.5 Å². The number of benzene rings is 5. The fourth-order valence-electron chi connectivity index (χ4n) is 9.57. The van der Waals surface area contributed by atoms with Crippen LogP contribution in [0.15, 0.2) is 176 Å². The molecule has 2 unspecified atom stereocenters. The Hall–Kier alpha value is -6.06. The summed E-state index contributed by atoms with van der Waals surface area (Å²) in [5.74, 6) is 0. The molecular weight excluding hydrogens is 655 g/mol. The molecule has 264 valence electrons. The number of allylic oxidation sites excluding steroid dienone is 8. The zero-order valence-corrected chi connectivity index (χ0v) is 31.3. The number of para-hydroxylation sites is 1. The van der Waals surface area contributed by atoms with Crippen molar-refractivity contribution in [3.05, 3.63) is 204 Å². The van der Waals surface area contributed by atoms with Crippen molar-refractivity contribution in [2.24, 2.45) is 0 Å². The van der Waals surface area contributed by atoms with Crippen LogP contribution in [0.5, 0.6) is 0 Å². The van der Waals surface area contributed by atoms with E-state index in [4.69, 9.17) is 0 Å². The Morgan fingerprint density at radius 3 is 2.07 bits per heavy atom. The maximum atomic E-state index is 3.35. The normalized spacial score (nSPS) is 21.3. The van der Waals surface area contributed by atoms with Gasteiger partial charge in [0.15, 0.2) is 0 Å². The molecule has 5 aliphatic rings. The van der Waals surface area contributed by atoms with E-state index in [1.807, 2.05) is 0 Å². The van der Waals surface area contributed by atoms with E-state index in [9.17, 15) is 0 Å². The minimum Gasteiger partial charge on any atom is -0.387 e. The molecule has 0 aromatic heterocycles. The highest BCUT2D eigenvalue weighted by atomic mass is 15.2. The quantitative estimate of drug-likeness (QED) is 0.190. The summed E-state index contributed by atoms with van der Waals surface area (Å²) >= 11 is 0. The van der Waals surface area contributed by atoms with E-state index in [0.717, 1.165) is 36.4 Å². The van der Waals surface area contributed by atoms with Gasteiger partial charge >= 0.3 is 0 Å². The van der Waals surface area contributed by atoms with Crippen LogP contribution >= 0.6 is 0 Å². The monoisotopic (exact) mass is 699 g/mol. The Balaban J connectivity index is 1.03. The van der Waals surface area contributed by atoms with Crippen LogP contribution in [0.25, 0.3) is 22.3 Å². The molecule has 54 heavy (non-hydrogen) atoms. The first-order chi connectivity index (χ1) is 26.4. The van der Waals surface area contributed by atoms with Crippen LogP contribution in [0.2, 0.25) is 0 Å². The number of hydrogen-bond acceptors (Lipinski definition) is 3. The zero-order chi connectivity index (χ0) is 36.4. The predicted octanol–water partition coefficient (Wildman–Crippen LogP) is 12.3. The zero-order valence-electron chi connectivity index (χ0n) is 31.3. The minimum atomic E-state index is -0.136. The van der Waals surface area contributed by atoms with Crippen LogP contribution in [0.4, 0.5) is 22.7 Å². The Labute approximate surface area is 319 Å². The fourth-order valence-corrected chi connectivity index (χ4v) is 9.57. The Morgan fingerprint density at radius 2 is 1.35 bits per heavy atom. The Kier molecular flexibility index (Phi) is 7.56. The average molecular weight is 700 g/mol. The maximum Gasteiger partial charge on any atom is 0.0652 e. The van der Waals surface area contributed by atoms with Crippen LogP contribution in [0, 0.1) is 0 Å². The molecule has 3 nitrogen and oxygen atoms in total. The van der Waals surface area contributed by atoms with Crippen LogP contribution < -0.4 is 15.1 Å². The second-order valence-corrected chi connectivity index (χ2v) is 15.9. The average Bonchev–Trinajstić information content (AvgIpc) is 3.62. The second-order valence-electron chi connectivity index (χ2n) is 15.9. The molecule has 5 aromatic carbocycles. The molecule has 0 saturated carbocycles. The van der Waals surface area contributed by atoms with Crippen molar-refractivity contribution >= 4 is 33.9 Å². The highest BCUT2D eigenvalue weighted by Gasteiger charge is 2.47. The van der Waals surface area contributed by atoms with Crippen molar-refractivity contribution in [1.29, 1.82) is 0 Å². The first-order valence-electron chi connectivity index (χ1n) is 19.4. The van der Waals surface area contributed by atoms with Gasteiger partial charge in [-0.3, -0.25) is 0 Å². The molecule has 0 bridgehead atoms. The number of nitrogens with one attached hydrogen (secondary N) is 1. The Bertz CT molecular complexity index is 2490. The predicted molar refractivity (Wildman–Crippen MR) is 227 cm³/mol. The van der Waals surface area contributed by atoms with Gasteiger partial charge in [-0.1, -0.05) is 129 Å². The van der Waals surface area contributed by atoms with E-state index in [1.54, 1.807) is 0 Å². The molecule has 0 spiro atoms.